The molecular weight excluding hydrogens is 258 g/mol. The van der Waals surface area contributed by atoms with Crippen LogP contribution >= 0.6 is 11.3 Å². The van der Waals surface area contributed by atoms with Gasteiger partial charge in [0.05, 0.1) is 9.75 Å². The van der Waals surface area contributed by atoms with Crippen LogP contribution in [0, 0.1) is 17.8 Å². The van der Waals surface area contributed by atoms with Crippen LogP contribution in [0.2, 0.25) is 0 Å². The van der Waals surface area contributed by atoms with E-state index in [0.717, 1.165) is 22.8 Å². The second-order valence-electron chi connectivity index (χ2n) is 4.76. The summed E-state index contributed by atoms with van der Waals surface area (Å²) in [5, 5.41) is 8.66. The molecule has 0 atom stereocenters. The first-order valence-electron chi connectivity index (χ1n) is 6.73. The van der Waals surface area contributed by atoms with Gasteiger partial charge in [-0.15, -0.1) is 11.3 Å². The van der Waals surface area contributed by atoms with Crippen molar-refractivity contribution in [3.8, 4) is 11.8 Å². The first-order chi connectivity index (χ1) is 9.24. The Hall–Kier alpha value is -1.31. The second-order valence-corrected chi connectivity index (χ2v) is 5.85. The Labute approximate surface area is 118 Å². The quantitative estimate of drug-likeness (QED) is 0.858. The van der Waals surface area contributed by atoms with Crippen molar-refractivity contribution in [3.05, 3.63) is 21.9 Å². The first kappa shape index (κ1) is 14.1. The van der Waals surface area contributed by atoms with Gasteiger partial charge in [-0.05, 0) is 37.8 Å². The van der Waals surface area contributed by atoms with E-state index >= 15 is 0 Å². The Morgan fingerprint density at radius 2 is 2.32 bits per heavy atom. The molecule has 1 aromatic heterocycles. The fourth-order valence-corrected chi connectivity index (χ4v) is 2.99. The molecule has 0 spiro atoms. The smallest absolute Gasteiger partial charge is 0.263 e. The van der Waals surface area contributed by atoms with Gasteiger partial charge in [-0.2, -0.15) is 0 Å². The molecule has 1 amide bonds. The Morgan fingerprint density at radius 3 is 2.89 bits per heavy atom. The number of carbonyl (C=O) groups is 1. The highest BCUT2D eigenvalue weighted by Gasteiger charge is 2.24. The Balaban J connectivity index is 2.01. The number of aliphatic hydroxyl groups excluding tert-OH is 1. The molecule has 0 aromatic carbocycles. The number of nitrogens with zero attached hydrogens (tertiary/aromatic N) is 1. The summed E-state index contributed by atoms with van der Waals surface area (Å²) < 4.78 is 0. The monoisotopic (exact) mass is 277 g/mol. The van der Waals surface area contributed by atoms with E-state index in [1.807, 2.05) is 24.0 Å². The lowest BCUT2D eigenvalue weighted by molar-refractivity contribution is 0.0711. The zero-order chi connectivity index (χ0) is 13.7. The molecule has 19 heavy (non-hydrogen) atoms. The summed E-state index contributed by atoms with van der Waals surface area (Å²) in [6.45, 7) is 3.51. The standard InChI is InChI=1S/C15H19NO2S/c1-2-16(11-12-5-3-6-12)15(18)14-9-8-13(19-14)7-4-10-17/h8-9,12,17H,2-3,5-6,10-11H2,1H3. The van der Waals surface area contributed by atoms with Gasteiger partial charge in [0.2, 0.25) is 0 Å². The lowest BCUT2D eigenvalue weighted by Crippen LogP contribution is -2.36. The van der Waals surface area contributed by atoms with Gasteiger partial charge in [0.15, 0.2) is 0 Å². The number of hydrogen-bond acceptors (Lipinski definition) is 3. The fraction of sp³-hybridized carbons (Fsp3) is 0.533. The van der Waals surface area contributed by atoms with Crippen LogP contribution in [-0.2, 0) is 0 Å². The predicted molar refractivity (Wildman–Crippen MR) is 77.2 cm³/mol. The molecule has 1 heterocycles. The van der Waals surface area contributed by atoms with E-state index in [0.29, 0.717) is 5.92 Å². The molecule has 1 saturated carbocycles. The number of rotatable bonds is 4. The summed E-state index contributed by atoms with van der Waals surface area (Å²) in [7, 11) is 0. The molecule has 0 saturated heterocycles. The van der Waals surface area contributed by atoms with E-state index in [4.69, 9.17) is 5.11 Å². The second kappa shape index (κ2) is 6.74. The summed E-state index contributed by atoms with van der Waals surface area (Å²) in [6.07, 6.45) is 3.80. The molecule has 1 aliphatic carbocycles. The number of hydrogen-bond donors (Lipinski definition) is 1. The normalized spacial score (nSPS) is 14.4. The minimum absolute atomic E-state index is 0.108. The number of aliphatic hydroxyl groups is 1. The van der Waals surface area contributed by atoms with E-state index in [1.54, 1.807) is 0 Å². The van der Waals surface area contributed by atoms with E-state index in [2.05, 4.69) is 11.8 Å². The van der Waals surface area contributed by atoms with E-state index in [-0.39, 0.29) is 12.5 Å². The van der Waals surface area contributed by atoms with Gasteiger partial charge >= 0.3 is 0 Å². The van der Waals surface area contributed by atoms with Crippen LogP contribution in [0.3, 0.4) is 0 Å². The van der Waals surface area contributed by atoms with E-state index < -0.39 is 0 Å². The van der Waals surface area contributed by atoms with Crippen LogP contribution in [0.4, 0.5) is 0 Å². The maximum atomic E-state index is 12.4. The molecule has 102 valence electrons. The van der Waals surface area contributed by atoms with Gasteiger partial charge in [-0.3, -0.25) is 4.79 Å². The molecule has 0 aliphatic heterocycles. The Morgan fingerprint density at radius 1 is 1.53 bits per heavy atom. The average molecular weight is 277 g/mol. The van der Waals surface area contributed by atoms with Gasteiger partial charge in [0.1, 0.15) is 6.61 Å². The molecule has 1 N–H and O–H groups in total. The van der Waals surface area contributed by atoms with Crippen molar-refractivity contribution in [2.24, 2.45) is 5.92 Å². The summed E-state index contributed by atoms with van der Waals surface area (Å²) in [4.78, 5) is 15.9. The van der Waals surface area contributed by atoms with Crippen molar-refractivity contribution < 1.29 is 9.90 Å². The van der Waals surface area contributed by atoms with Crippen molar-refractivity contribution in [3.63, 3.8) is 0 Å². The highest BCUT2D eigenvalue weighted by atomic mass is 32.1. The zero-order valence-electron chi connectivity index (χ0n) is 11.2. The van der Waals surface area contributed by atoms with Crippen molar-refractivity contribution in [1.82, 2.24) is 4.90 Å². The molecular formula is C15H19NO2S. The van der Waals surface area contributed by atoms with Gasteiger partial charge in [0.25, 0.3) is 5.91 Å². The summed E-state index contributed by atoms with van der Waals surface area (Å²) in [5.74, 6) is 6.24. The molecule has 4 heteroatoms. The third-order valence-corrected chi connectivity index (χ3v) is 4.47. The van der Waals surface area contributed by atoms with Gasteiger partial charge < -0.3 is 10.0 Å². The highest BCUT2D eigenvalue weighted by molar-refractivity contribution is 7.14. The van der Waals surface area contributed by atoms with Crippen LogP contribution < -0.4 is 0 Å². The lowest BCUT2D eigenvalue weighted by atomic mass is 9.85. The fourth-order valence-electron chi connectivity index (χ4n) is 2.15. The molecule has 1 fully saturated rings. The van der Waals surface area contributed by atoms with Crippen LogP contribution in [-0.4, -0.2) is 35.6 Å². The van der Waals surface area contributed by atoms with Gasteiger partial charge in [-0.25, -0.2) is 0 Å². The number of thiophene rings is 1. The SMILES string of the molecule is CCN(CC1CCC1)C(=O)c1ccc(C#CCO)s1. The predicted octanol–water partition coefficient (Wildman–Crippen LogP) is 2.35. The van der Waals surface area contributed by atoms with Gasteiger partial charge in [-0.1, -0.05) is 18.3 Å². The van der Waals surface area contributed by atoms with Crippen molar-refractivity contribution in [1.29, 1.82) is 0 Å². The molecule has 0 radical (unpaired) electrons. The van der Waals surface area contributed by atoms with E-state index in [9.17, 15) is 4.79 Å². The zero-order valence-corrected chi connectivity index (χ0v) is 12.0. The molecule has 0 bridgehead atoms. The molecule has 2 rings (SSSR count). The third kappa shape index (κ3) is 3.59. The minimum atomic E-state index is -0.149. The van der Waals surface area contributed by atoms with Crippen LogP contribution in [0.15, 0.2) is 12.1 Å². The summed E-state index contributed by atoms with van der Waals surface area (Å²) >= 11 is 1.40. The topological polar surface area (TPSA) is 40.5 Å². The molecule has 3 nitrogen and oxygen atoms in total. The van der Waals surface area contributed by atoms with Crippen LogP contribution in [0.1, 0.15) is 40.7 Å². The maximum absolute atomic E-state index is 12.4. The minimum Gasteiger partial charge on any atom is -0.384 e. The number of carbonyl (C=O) groups excluding carboxylic acids is 1. The summed E-state index contributed by atoms with van der Waals surface area (Å²) in [6, 6.07) is 3.68. The van der Waals surface area contributed by atoms with Crippen molar-refractivity contribution >= 4 is 17.2 Å². The maximum Gasteiger partial charge on any atom is 0.263 e. The molecule has 0 unspecified atom stereocenters. The Bertz CT molecular complexity index is 494. The van der Waals surface area contributed by atoms with Crippen LogP contribution in [0.5, 0.6) is 0 Å². The average Bonchev–Trinajstić information content (AvgIpc) is 2.83. The van der Waals surface area contributed by atoms with Crippen LogP contribution in [0.25, 0.3) is 0 Å². The first-order valence-corrected chi connectivity index (χ1v) is 7.55. The van der Waals surface area contributed by atoms with Crippen molar-refractivity contribution in [2.45, 2.75) is 26.2 Å². The van der Waals surface area contributed by atoms with Crippen molar-refractivity contribution in [2.75, 3.05) is 19.7 Å². The summed E-state index contributed by atoms with van der Waals surface area (Å²) in [5.41, 5.74) is 0. The number of amides is 1. The molecule has 1 aromatic rings. The molecule has 1 aliphatic rings. The largest absolute Gasteiger partial charge is 0.384 e. The van der Waals surface area contributed by atoms with Gasteiger partial charge in [0, 0.05) is 13.1 Å². The lowest BCUT2D eigenvalue weighted by Gasteiger charge is -2.31. The third-order valence-electron chi connectivity index (χ3n) is 3.48. The van der Waals surface area contributed by atoms with E-state index in [1.165, 1.54) is 30.6 Å². The highest BCUT2D eigenvalue weighted by Crippen LogP contribution is 2.28. The Kier molecular flexibility index (Phi) is 5.00.